The van der Waals surface area contributed by atoms with Gasteiger partial charge < -0.3 is 10.4 Å². The number of aliphatic hydroxyl groups is 1. The molecule has 1 aliphatic carbocycles. The second kappa shape index (κ2) is 3.67. The summed E-state index contributed by atoms with van der Waals surface area (Å²) in [6.45, 7) is 1.95. The van der Waals surface area contributed by atoms with Crippen molar-refractivity contribution in [3.05, 3.63) is 34.6 Å². The number of aliphatic hydroxyl groups excluding tert-OH is 1. The van der Waals surface area contributed by atoms with Crippen LogP contribution in [0, 0.1) is 11.2 Å². The van der Waals surface area contributed by atoms with Gasteiger partial charge in [0, 0.05) is 17.4 Å². The summed E-state index contributed by atoms with van der Waals surface area (Å²) in [5.41, 5.74) is 1.01. The lowest BCUT2D eigenvalue weighted by Gasteiger charge is -2.30. The molecule has 2 atom stereocenters. The first-order valence-electron chi connectivity index (χ1n) is 5.91. The van der Waals surface area contributed by atoms with E-state index >= 15 is 0 Å². The molecule has 2 aliphatic rings. The Labute approximate surface area is 105 Å². The molecule has 0 spiro atoms. The highest BCUT2D eigenvalue weighted by Crippen LogP contribution is 2.67. The van der Waals surface area contributed by atoms with Crippen LogP contribution in [0.1, 0.15) is 18.4 Å². The number of hydrogen-bond donors (Lipinski definition) is 2. The molecule has 1 aromatic carbocycles. The summed E-state index contributed by atoms with van der Waals surface area (Å²) in [4.78, 5) is 0. The average Bonchev–Trinajstić information content (AvgIpc) is 3.04. The number of piperidine rings is 1. The SMILES string of the molecule is OC[C@@]12CNCC[C@]1(c1ccc(F)c(Cl)c1)C2. The van der Waals surface area contributed by atoms with Gasteiger partial charge in [-0.3, -0.25) is 0 Å². The van der Waals surface area contributed by atoms with Gasteiger partial charge in [-0.25, -0.2) is 4.39 Å². The van der Waals surface area contributed by atoms with Gasteiger partial charge in [-0.05, 0) is 37.1 Å². The zero-order chi connectivity index (χ0) is 12.1. The first-order chi connectivity index (χ1) is 8.13. The van der Waals surface area contributed by atoms with Crippen LogP contribution in [0.3, 0.4) is 0 Å². The normalized spacial score (nSPS) is 35.5. The summed E-state index contributed by atoms with van der Waals surface area (Å²) in [5.74, 6) is -0.379. The van der Waals surface area contributed by atoms with Crippen molar-refractivity contribution in [3.63, 3.8) is 0 Å². The fourth-order valence-electron chi connectivity index (χ4n) is 3.36. The minimum Gasteiger partial charge on any atom is -0.396 e. The van der Waals surface area contributed by atoms with Crippen LogP contribution in [0.5, 0.6) is 0 Å². The third-order valence-electron chi connectivity index (χ3n) is 4.50. The van der Waals surface area contributed by atoms with Crippen LogP contribution >= 0.6 is 11.6 Å². The average molecular weight is 256 g/mol. The summed E-state index contributed by atoms with van der Waals surface area (Å²) in [5, 5.41) is 13.1. The summed E-state index contributed by atoms with van der Waals surface area (Å²) in [6, 6.07) is 4.96. The lowest BCUT2D eigenvalue weighted by atomic mass is 9.81. The van der Waals surface area contributed by atoms with Crippen molar-refractivity contribution in [1.29, 1.82) is 0 Å². The molecular weight excluding hydrogens is 241 g/mol. The van der Waals surface area contributed by atoms with Crippen LogP contribution in [-0.2, 0) is 5.41 Å². The molecule has 2 fully saturated rings. The molecule has 2 nitrogen and oxygen atoms in total. The van der Waals surface area contributed by atoms with Crippen LogP contribution in [0.4, 0.5) is 4.39 Å². The molecule has 92 valence electrons. The summed E-state index contributed by atoms with van der Waals surface area (Å²) < 4.78 is 13.2. The van der Waals surface area contributed by atoms with Gasteiger partial charge in [0.15, 0.2) is 0 Å². The molecule has 1 aromatic rings. The van der Waals surface area contributed by atoms with Crippen molar-refractivity contribution in [2.75, 3.05) is 19.7 Å². The molecule has 4 heteroatoms. The van der Waals surface area contributed by atoms with Crippen LogP contribution in [0.15, 0.2) is 18.2 Å². The van der Waals surface area contributed by atoms with Gasteiger partial charge in [-0.2, -0.15) is 0 Å². The van der Waals surface area contributed by atoms with Crippen molar-refractivity contribution in [2.45, 2.75) is 18.3 Å². The van der Waals surface area contributed by atoms with E-state index in [1.165, 1.54) is 6.07 Å². The number of fused-ring (bicyclic) bond motifs is 1. The van der Waals surface area contributed by atoms with Crippen molar-refractivity contribution >= 4 is 11.6 Å². The van der Waals surface area contributed by atoms with Gasteiger partial charge in [0.2, 0.25) is 0 Å². The molecule has 2 N–H and O–H groups in total. The van der Waals surface area contributed by atoms with E-state index in [0.717, 1.165) is 31.5 Å². The fourth-order valence-corrected chi connectivity index (χ4v) is 3.54. The first kappa shape index (κ1) is 11.5. The first-order valence-corrected chi connectivity index (χ1v) is 6.29. The second-order valence-electron chi connectivity index (χ2n) is 5.25. The Balaban J connectivity index is 2.01. The Hall–Kier alpha value is -0.640. The maximum atomic E-state index is 13.2. The predicted octanol–water partition coefficient (Wildman–Crippen LogP) is 2.09. The largest absolute Gasteiger partial charge is 0.396 e. The van der Waals surface area contributed by atoms with Gasteiger partial charge in [0.1, 0.15) is 5.82 Å². The molecule has 3 rings (SSSR count). The highest BCUT2D eigenvalue weighted by Gasteiger charge is 2.68. The van der Waals surface area contributed by atoms with Gasteiger partial charge in [-0.15, -0.1) is 0 Å². The summed E-state index contributed by atoms with van der Waals surface area (Å²) in [7, 11) is 0. The fraction of sp³-hybridized carbons (Fsp3) is 0.538. The van der Waals surface area contributed by atoms with Crippen LogP contribution in [0.2, 0.25) is 5.02 Å². The molecule has 17 heavy (non-hydrogen) atoms. The molecule has 0 aromatic heterocycles. The van der Waals surface area contributed by atoms with E-state index in [2.05, 4.69) is 5.32 Å². The highest BCUT2D eigenvalue weighted by molar-refractivity contribution is 6.30. The standard InChI is InChI=1S/C13H15ClFNO/c14-10-5-9(1-2-11(10)15)13-3-4-16-7-12(13,6-13)8-17/h1-2,5,16-17H,3-4,6-8H2/t12-,13-/m1/s1. The maximum absolute atomic E-state index is 13.2. The quantitative estimate of drug-likeness (QED) is 0.848. The van der Waals surface area contributed by atoms with E-state index in [4.69, 9.17) is 11.6 Å². The van der Waals surface area contributed by atoms with Crippen molar-refractivity contribution in [1.82, 2.24) is 5.32 Å². The van der Waals surface area contributed by atoms with E-state index in [0.29, 0.717) is 0 Å². The van der Waals surface area contributed by atoms with Crippen molar-refractivity contribution in [2.24, 2.45) is 5.41 Å². The zero-order valence-corrected chi connectivity index (χ0v) is 10.2. The van der Waals surface area contributed by atoms with E-state index in [9.17, 15) is 9.50 Å². The van der Waals surface area contributed by atoms with Gasteiger partial charge in [0.05, 0.1) is 11.6 Å². The van der Waals surface area contributed by atoms with Gasteiger partial charge in [0.25, 0.3) is 0 Å². The number of rotatable bonds is 2. The lowest BCUT2D eigenvalue weighted by Crippen LogP contribution is -2.40. The molecule has 1 saturated heterocycles. The molecule has 0 amide bonds. The third-order valence-corrected chi connectivity index (χ3v) is 4.79. The number of benzene rings is 1. The molecule has 0 radical (unpaired) electrons. The monoisotopic (exact) mass is 255 g/mol. The Morgan fingerprint density at radius 2 is 2.29 bits per heavy atom. The topological polar surface area (TPSA) is 32.3 Å². The molecule has 1 heterocycles. The predicted molar refractivity (Wildman–Crippen MR) is 64.7 cm³/mol. The lowest BCUT2D eigenvalue weighted by molar-refractivity contribution is 0.169. The Morgan fingerprint density at radius 1 is 1.47 bits per heavy atom. The summed E-state index contributed by atoms with van der Waals surface area (Å²) in [6.07, 6.45) is 1.95. The summed E-state index contributed by atoms with van der Waals surface area (Å²) >= 11 is 5.85. The van der Waals surface area contributed by atoms with Crippen LogP contribution < -0.4 is 5.32 Å². The third kappa shape index (κ3) is 1.46. The molecule has 1 aliphatic heterocycles. The van der Waals surface area contributed by atoms with Crippen LogP contribution in [-0.4, -0.2) is 24.8 Å². The van der Waals surface area contributed by atoms with Crippen LogP contribution in [0.25, 0.3) is 0 Å². The Bertz CT molecular complexity index is 467. The van der Waals surface area contributed by atoms with Gasteiger partial charge in [-0.1, -0.05) is 17.7 Å². The molecular formula is C13H15ClFNO. The Morgan fingerprint density at radius 3 is 3.00 bits per heavy atom. The maximum Gasteiger partial charge on any atom is 0.141 e. The van der Waals surface area contributed by atoms with E-state index < -0.39 is 0 Å². The smallest absolute Gasteiger partial charge is 0.141 e. The minimum atomic E-state index is -0.379. The Kier molecular flexibility index (Phi) is 2.47. The van der Waals surface area contributed by atoms with Crippen molar-refractivity contribution < 1.29 is 9.50 Å². The molecule has 0 unspecified atom stereocenters. The molecule has 1 saturated carbocycles. The number of hydrogen-bond acceptors (Lipinski definition) is 2. The molecule has 0 bridgehead atoms. The second-order valence-corrected chi connectivity index (χ2v) is 5.66. The number of halogens is 2. The zero-order valence-electron chi connectivity index (χ0n) is 9.47. The minimum absolute atomic E-state index is 0.00431. The van der Waals surface area contributed by atoms with E-state index in [1.807, 2.05) is 6.07 Å². The number of nitrogens with one attached hydrogen (secondary N) is 1. The van der Waals surface area contributed by atoms with E-state index in [-0.39, 0.29) is 28.3 Å². The van der Waals surface area contributed by atoms with Gasteiger partial charge >= 0.3 is 0 Å². The van der Waals surface area contributed by atoms with Crippen molar-refractivity contribution in [3.8, 4) is 0 Å². The highest BCUT2D eigenvalue weighted by atomic mass is 35.5. The van der Waals surface area contributed by atoms with E-state index in [1.54, 1.807) is 6.07 Å².